The molecule has 1 aliphatic carbocycles. The second-order valence-corrected chi connectivity index (χ2v) is 5.16. The van der Waals surface area contributed by atoms with Gasteiger partial charge in [0.2, 0.25) is 0 Å². The molecule has 1 aliphatic rings. The molecule has 19 heavy (non-hydrogen) atoms. The molecule has 3 heteroatoms. The van der Waals surface area contributed by atoms with Crippen molar-refractivity contribution < 1.29 is 0 Å². The lowest BCUT2D eigenvalue weighted by Crippen LogP contribution is -2.25. The van der Waals surface area contributed by atoms with Crippen LogP contribution in [0.4, 0.5) is 0 Å². The summed E-state index contributed by atoms with van der Waals surface area (Å²) in [6, 6.07) is 11.4. The third-order valence-corrected chi connectivity index (χ3v) is 4.00. The number of nitrogens with one attached hydrogen (secondary N) is 1. The van der Waals surface area contributed by atoms with E-state index in [2.05, 4.69) is 52.4 Å². The van der Waals surface area contributed by atoms with Crippen LogP contribution in [-0.2, 0) is 19.5 Å². The van der Waals surface area contributed by atoms with Gasteiger partial charge in [-0.25, -0.2) is 0 Å². The minimum atomic E-state index is 0.491. The van der Waals surface area contributed by atoms with E-state index in [1.165, 1.54) is 36.1 Å². The summed E-state index contributed by atoms with van der Waals surface area (Å²) in [5, 5.41) is 8.01. The average molecular weight is 255 g/mol. The largest absolute Gasteiger partial charge is 0.304 e. The number of nitrogens with zero attached hydrogens (tertiary/aromatic N) is 2. The zero-order valence-corrected chi connectivity index (χ0v) is 11.5. The van der Waals surface area contributed by atoms with E-state index in [1.54, 1.807) is 0 Å². The molecular weight excluding hydrogens is 234 g/mol. The number of benzene rings is 1. The van der Waals surface area contributed by atoms with Crippen molar-refractivity contribution in [1.29, 1.82) is 0 Å². The van der Waals surface area contributed by atoms with Crippen molar-refractivity contribution in [3.63, 3.8) is 0 Å². The van der Waals surface area contributed by atoms with Gasteiger partial charge in [-0.1, -0.05) is 24.3 Å². The molecule has 0 aliphatic heterocycles. The molecule has 0 radical (unpaired) electrons. The Labute approximate surface area is 114 Å². The van der Waals surface area contributed by atoms with Gasteiger partial charge in [-0.15, -0.1) is 0 Å². The third kappa shape index (κ3) is 2.56. The van der Waals surface area contributed by atoms with E-state index in [4.69, 9.17) is 0 Å². The summed E-state index contributed by atoms with van der Waals surface area (Å²) in [6.07, 6.45) is 5.62. The maximum atomic E-state index is 4.32. The monoisotopic (exact) mass is 255 g/mol. The van der Waals surface area contributed by atoms with Gasteiger partial charge in [-0.2, -0.15) is 5.10 Å². The van der Waals surface area contributed by atoms with E-state index in [0.29, 0.717) is 6.04 Å². The van der Waals surface area contributed by atoms with Gasteiger partial charge in [0.1, 0.15) is 0 Å². The number of aromatic nitrogens is 2. The molecule has 1 unspecified atom stereocenters. The number of hydrogen-bond acceptors (Lipinski definition) is 2. The Morgan fingerprint density at radius 1 is 1.32 bits per heavy atom. The van der Waals surface area contributed by atoms with Gasteiger partial charge in [0, 0.05) is 25.3 Å². The molecule has 3 nitrogen and oxygen atoms in total. The first kappa shape index (κ1) is 12.4. The van der Waals surface area contributed by atoms with Crippen LogP contribution in [-0.4, -0.2) is 9.78 Å². The van der Waals surface area contributed by atoms with Gasteiger partial charge in [-0.3, -0.25) is 4.68 Å². The SMILES string of the molecule is CCn1nccc1CNC1CCCc2ccccc21. The molecule has 1 aromatic heterocycles. The lowest BCUT2D eigenvalue weighted by molar-refractivity contribution is 0.447. The number of hydrogen-bond donors (Lipinski definition) is 1. The van der Waals surface area contributed by atoms with Crippen molar-refractivity contribution in [2.24, 2.45) is 0 Å². The van der Waals surface area contributed by atoms with Gasteiger partial charge in [0.15, 0.2) is 0 Å². The van der Waals surface area contributed by atoms with E-state index in [1.807, 2.05) is 6.20 Å². The van der Waals surface area contributed by atoms with Crippen molar-refractivity contribution in [3.05, 3.63) is 53.3 Å². The van der Waals surface area contributed by atoms with Crippen LogP contribution in [0.3, 0.4) is 0 Å². The molecule has 3 rings (SSSR count). The summed E-state index contributed by atoms with van der Waals surface area (Å²) in [7, 11) is 0. The Bertz CT molecular complexity index is 544. The van der Waals surface area contributed by atoms with Gasteiger partial charge in [0.05, 0.1) is 5.69 Å². The highest BCUT2D eigenvalue weighted by Gasteiger charge is 2.19. The first-order valence-electron chi connectivity index (χ1n) is 7.20. The highest BCUT2D eigenvalue weighted by molar-refractivity contribution is 5.32. The van der Waals surface area contributed by atoms with Crippen LogP contribution in [0.2, 0.25) is 0 Å². The number of rotatable bonds is 4. The van der Waals surface area contributed by atoms with Crippen LogP contribution in [0.25, 0.3) is 0 Å². The first-order chi connectivity index (χ1) is 9.38. The van der Waals surface area contributed by atoms with Crippen LogP contribution >= 0.6 is 0 Å². The molecule has 0 spiro atoms. The maximum absolute atomic E-state index is 4.32. The lowest BCUT2D eigenvalue weighted by Gasteiger charge is -2.26. The van der Waals surface area contributed by atoms with Crippen LogP contribution in [0.5, 0.6) is 0 Å². The molecule has 0 saturated heterocycles. The van der Waals surface area contributed by atoms with E-state index in [0.717, 1.165) is 13.1 Å². The highest BCUT2D eigenvalue weighted by atomic mass is 15.3. The van der Waals surface area contributed by atoms with Crippen molar-refractivity contribution in [3.8, 4) is 0 Å². The fourth-order valence-electron chi connectivity index (χ4n) is 2.99. The molecule has 1 atom stereocenters. The second kappa shape index (κ2) is 5.57. The Balaban J connectivity index is 1.71. The summed E-state index contributed by atoms with van der Waals surface area (Å²) in [6.45, 7) is 3.96. The van der Waals surface area contributed by atoms with Crippen molar-refractivity contribution in [2.75, 3.05) is 0 Å². The predicted octanol–water partition coefficient (Wildman–Crippen LogP) is 3.07. The standard InChI is InChI=1S/C16H21N3/c1-2-19-14(10-11-18-19)12-17-16-9-5-7-13-6-3-4-8-15(13)16/h3-4,6,8,10-11,16-17H,2,5,7,9,12H2,1H3. The summed E-state index contributed by atoms with van der Waals surface area (Å²) in [4.78, 5) is 0. The molecule has 1 N–H and O–H groups in total. The normalized spacial score (nSPS) is 18.3. The molecule has 1 aromatic carbocycles. The van der Waals surface area contributed by atoms with Crippen LogP contribution < -0.4 is 5.32 Å². The van der Waals surface area contributed by atoms with Crippen LogP contribution in [0.15, 0.2) is 36.5 Å². The summed E-state index contributed by atoms with van der Waals surface area (Å²) < 4.78 is 2.06. The molecule has 0 amide bonds. The van der Waals surface area contributed by atoms with Gasteiger partial charge < -0.3 is 5.32 Å². The zero-order chi connectivity index (χ0) is 13.1. The molecule has 0 saturated carbocycles. The van der Waals surface area contributed by atoms with Crippen molar-refractivity contribution >= 4 is 0 Å². The lowest BCUT2D eigenvalue weighted by atomic mass is 9.88. The quantitative estimate of drug-likeness (QED) is 0.910. The zero-order valence-electron chi connectivity index (χ0n) is 11.5. The Morgan fingerprint density at radius 2 is 2.21 bits per heavy atom. The maximum Gasteiger partial charge on any atom is 0.0522 e. The number of aryl methyl sites for hydroxylation is 2. The fraction of sp³-hybridized carbons (Fsp3) is 0.438. The molecule has 0 bridgehead atoms. The van der Waals surface area contributed by atoms with E-state index >= 15 is 0 Å². The van der Waals surface area contributed by atoms with Gasteiger partial charge >= 0.3 is 0 Å². The topological polar surface area (TPSA) is 29.9 Å². The minimum absolute atomic E-state index is 0.491. The second-order valence-electron chi connectivity index (χ2n) is 5.16. The summed E-state index contributed by atoms with van der Waals surface area (Å²) in [5.41, 5.74) is 4.26. The summed E-state index contributed by atoms with van der Waals surface area (Å²) >= 11 is 0. The Hall–Kier alpha value is -1.61. The van der Waals surface area contributed by atoms with Crippen molar-refractivity contribution in [2.45, 2.75) is 45.3 Å². The number of fused-ring (bicyclic) bond motifs is 1. The summed E-state index contributed by atoms with van der Waals surface area (Å²) in [5.74, 6) is 0. The minimum Gasteiger partial charge on any atom is -0.304 e. The van der Waals surface area contributed by atoms with E-state index in [-0.39, 0.29) is 0 Å². The fourth-order valence-corrected chi connectivity index (χ4v) is 2.99. The highest BCUT2D eigenvalue weighted by Crippen LogP contribution is 2.29. The average Bonchev–Trinajstić information content (AvgIpc) is 2.92. The van der Waals surface area contributed by atoms with Gasteiger partial charge in [0.25, 0.3) is 0 Å². The van der Waals surface area contributed by atoms with Crippen LogP contribution in [0, 0.1) is 0 Å². The molecule has 1 heterocycles. The van der Waals surface area contributed by atoms with E-state index in [9.17, 15) is 0 Å². The van der Waals surface area contributed by atoms with Crippen LogP contribution in [0.1, 0.15) is 42.6 Å². The molecular formula is C16H21N3. The Kier molecular flexibility index (Phi) is 3.65. The third-order valence-electron chi connectivity index (χ3n) is 4.00. The van der Waals surface area contributed by atoms with E-state index < -0.39 is 0 Å². The predicted molar refractivity (Wildman–Crippen MR) is 76.9 cm³/mol. The smallest absolute Gasteiger partial charge is 0.0522 e. The Morgan fingerprint density at radius 3 is 3.11 bits per heavy atom. The van der Waals surface area contributed by atoms with Crippen molar-refractivity contribution in [1.82, 2.24) is 15.1 Å². The van der Waals surface area contributed by atoms with Gasteiger partial charge in [-0.05, 0) is 43.4 Å². The first-order valence-corrected chi connectivity index (χ1v) is 7.20. The molecule has 2 aromatic rings. The molecule has 0 fully saturated rings. The molecule has 100 valence electrons.